The van der Waals surface area contributed by atoms with Crippen molar-refractivity contribution in [3.8, 4) is 27.6 Å². The number of hydrogen-bond acceptors (Lipinski definition) is 4. The van der Waals surface area contributed by atoms with E-state index in [1.54, 1.807) is 23.2 Å². The number of nitrogens with zero attached hydrogens (tertiary/aromatic N) is 2. The molecule has 2 aromatic carbocycles. The third kappa shape index (κ3) is 2.81. The van der Waals surface area contributed by atoms with Gasteiger partial charge in [-0.05, 0) is 32.0 Å². The lowest BCUT2D eigenvalue weighted by atomic mass is 10.1. The lowest BCUT2D eigenvalue weighted by Crippen LogP contribution is -2.44. The second kappa shape index (κ2) is 6.33. The van der Waals surface area contributed by atoms with Crippen LogP contribution in [0.3, 0.4) is 0 Å². The van der Waals surface area contributed by atoms with Crippen LogP contribution in [0, 0.1) is 0 Å². The highest BCUT2D eigenvalue weighted by atomic mass is 32.1. The van der Waals surface area contributed by atoms with E-state index >= 15 is 0 Å². The summed E-state index contributed by atoms with van der Waals surface area (Å²) in [6, 6.07) is 16.1. The molecule has 0 bridgehead atoms. The highest BCUT2D eigenvalue weighted by Crippen LogP contribution is 2.38. The van der Waals surface area contributed by atoms with Crippen LogP contribution < -0.4 is 9.64 Å². The molecule has 1 unspecified atom stereocenters. The van der Waals surface area contributed by atoms with Gasteiger partial charge in [0.2, 0.25) is 0 Å². The van der Waals surface area contributed by atoms with Crippen molar-refractivity contribution in [1.29, 1.82) is 0 Å². The Labute approximate surface area is 150 Å². The molecule has 2 heterocycles. The highest BCUT2D eigenvalue weighted by Gasteiger charge is 2.30. The molecule has 1 amide bonds. The Morgan fingerprint density at radius 1 is 1.16 bits per heavy atom. The number of likely N-dealkylation sites (N-methyl/N-ethyl adjacent to an activating group) is 1. The molecule has 3 aromatic rings. The zero-order valence-electron chi connectivity index (χ0n) is 14.1. The van der Waals surface area contributed by atoms with Crippen molar-refractivity contribution in [1.82, 2.24) is 4.98 Å². The molecule has 4 rings (SSSR count). The average Bonchev–Trinajstić information content (AvgIpc) is 3.13. The first kappa shape index (κ1) is 15.8. The number of anilines is 1. The standard InChI is InChI=1S/C20H18N2O2S/c1-3-22-17-11-15(9-10-18(17)24-13(2)20(22)23)16-12-25-19(21-16)14-7-5-4-6-8-14/h4-13H,3H2,1-2H3. The summed E-state index contributed by atoms with van der Waals surface area (Å²) in [5.41, 5.74) is 3.83. The van der Waals surface area contributed by atoms with Crippen molar-refractivity contribution in [3.63, 3.8) is 0 Å². The van der Waals surface area contributed by atoms with Gasteiger partial charge in [0.05, 0.1) is 11.4 Å². The summed E-state index contributed by atoms with van der Waals surface area (Å²) in [6.07, 6.45) is -0.442. The molecule has 0 spiro atoms. The summed E-state index contributed by atoms with van der Waals surface area (Å²) in [5, 5.41) is 3.04. The van der Waals surface area contributed by atoms with Gasteiger partial charge in [-0.2, -0.15) is 0 Å². The first-order valence-corrected chi connectivity index (χ1v) is 9.18. The van der Waals surface area contributed by atoms with Gasteiger partial charge in [0.15, 0.2) is 6.10 Å². The lowest BCUT2D eigenvalue weighted by Gasteiger charge is -2.32. The van der Waals surface area contributed by atoms with Gasteiger partial charge in [0.1, 0.15) is 10.8 Å². The molecule has 1 atom stereocenters. The van der Waals surface area contributed by atoms with Gasteiger partial charge in [-0.15, -0.1) is 11.3 Å². The monoisotopic (exact) mass is 350 g/mol. The molecule has 1 aliphatic heterocycles. The minimum atomic E-state index is -0.442. The van der Waals surface area contributed by atoms with E-state index < -0.39 is 6.10 Å². The van der Waals surface area contributed by atoms with E-state index in [0.29, 0.717) is 6.54 Å². The summed E-state index contributed by atoms with van der Waals surface area (Å²) in [5.74, 6) is 0.742. The molecule has 1 aromatic heterocycles. The maximum atomic E-state index is 12.3. The molecule has 0 saturated heterocycles. The zero-order chi connectivity index (χ0) is 17.4. The van der Waals surface area contributed by atoms with Gasteiger partial charge in [-0.25, -0.2) is 4.98 Å². The van der Waals surface area contributed by atoms with Crippen LogP contribution in [0.1, 0.15) is 13.8 Å². The van der Waals surface area contributed by atoms with Crippen molar-refractivity contribution in [2.24, 2.45) is 0 Å². The van der Waals surface area contributed by atoms with Crippen LogP contribution >= 0.6 is 11.3 Å². The van der Waals surface area contributed by atoms with Crippen molar-refractivity contribution >= 4 is 22.9 Å². The van der Waals surface area contributed by atoms with Crippen LogP contribution in [0.25, 0.3) is 21.8 Å². The van der Waals surface area contributed by atoms with E-state index in [2.05, 4.69) is 17.5 Å². The first-order valence-electron chi connectivity index (χ1n) is 8.30. The molecule has 126 valence electrons. The van der Waals surface area contributed by atoms with Crippen molar-refractivity contribution in [2.75, 3.05) is 11.4 Å². The smallest absolute Gasteiger partial charge is 0.267 e. The molecular weight excluding hydrogens is 332 g/mol. The molecule has 0 saturated carbocycles. The normalized spacial score (nSPS) is 16.5. The fraction of sp³-hybridized carbons (Fsp3) is 0.200. The minimum Gasteiger partial charge on any atom is -0.479 e. The molecule has 0 aliphatic carbocycles. The molecule has 25 heavy (non-hydrogen) atoms. The maximum Gasteiger partial charge on any atom is 0.267 e. The third-order valence-corrected chi connectivity index (χ3v) is 5.20. The van der Waals surface area contributed by atoms with Crippen molar-refractivity contribution in [3.05, 3.63) is 53.9 Å². The fourth-order valence-corrected chi connectivity index (χ4v) is 3.85. The summed E-state index contributed by atoms with van der Waals surface area (Å²) < 4.78 is 5.73. The quantitative estimate of drug-likeness (QED) is 0.693. The van der Waals surface area contributed by atoms with E-state index in [0.717, 1.165) is 33.3 Å². The molecule has 0 radical (unpaired) electrons. The predicted octanol–water partition coefficient (Wildman–Crippen LogP) is 4.61. The van der Waals surface area contributed by atoms with Gasteiger partial charge in [-0.3, -0.25) is 4.79 Å². The summed E-state index contributed by atoms with van der Waals surface area (Å²) in [7, 11) is 0. The van der Waals surface area contributed by atoms with Crippen LogP contribution in [0.15, 0.2) is 53.9 Å². The van der Waals surface area contributed by atoms with Crippen LogP contribution in [0.4, 0.5) is 5.69 Å². The lowest BCUT2D eigenvalue weighted by molar-refractivity contribution is -0.125. The Bertz CT molecular complexity index is 920. The van der Waals surface area contributed by atoms with Crippen molar-refractivity contribution in [2.45, 2.75) is 20.0 Å². The second-order valence-electron chi connectivity index (χ2n) is 5.93. The number of fused-ring (bicyclic) bond motifs is 1. The summed E-state index contributed by atoms with van der Waals surface area (Å²) >= 11 is 1.62. The maximum absolute atomic E-state index is 12.3. The first-order chi connectivity index (χ1) is 12.2. The van der Waals surface area contributed by atoms with Gasteiger partial charge in [-0.1, -0.05) is 30.3 Å². The molecule has 0 N–H and O–H groups in total. The Morgan fingerprint density at radius 2 is 1.96 bits per heavy atom. The predicted molar refractivity (Wildman–Crippen MR) is 101 cm³/mol. The van der Waals surface area contributed by atoms with Gasteiger partial charge >= 0.3 is 0 Å². The molecule has 1 aliphatic rings. The van der Waals surface area contributed by atoms with Gasteiger partial charge in [0, 0.05) is 23.1 Å². The molecule has 4 nitrogen and oxygen atoms in total. The fourth-order valence-electron chi connectivity index (χ4n) is 3.01. The number of ether oxygens (including phenoxy) is 1. The second-order valence-corrected chi connectivity index (χ2v) is 6.79. The zero-order valence-corrected chi connectivity index (χ0v) is 14.9. The summed E-state index contributed by atoms with van der Waals surface area (Å²) in [4.78, 5) is 18.9. The number of aromatic nitrogens is 1. The van der Waals surface area contributed by atoms with Crippen LogP contribution in [-0.2, 0) is 4.79 Å². The van der Waals surface area contributed by atoms with Crippen LogP contribution in [0.5, 0.6) is 5.75 Å². The van der Waals surface area contributed by atoms with E-state index in [1.165, 1.54) is 0 Å². The van der Waals surface area contributed by atoms with Crippen LogP contribution in [0.2, 0.25) is 0 Å². The number of amides is 1. The summed E-state index contributed by atoms with van der Waals surface area (Å²) in [6.45, 7) is 4.38. The third-order valence-electron chi connectivity index (χ3n) is 4.30. The molecule has 5 heteroatoms. The number of benzene rings is 2. The largest absolute Gasteiger partial charge is 0.479 e. The number of carbonyl (C=O) groups is 1. The van der Waals surface area contributed by atoms with Crippen molar-refractivity contribution < 1.29 is 9.53 Å². The Hall–Kier alpha value is -2.66. The van der Waals surface area contributed by atoms with Gasteiger partial charge < -0.3 is 9.64 Å². The van der Waals surface area contributed by atoms with Gasteiger partial charge in [0.25, 0.3) is 5.91 Å². The highest BCUT2D eigenvalue weighted by molar-refractivity contribution is 7.13. The number of thiazole rings is 1. The Balaban J connectivity index is 1.72. The topological polar surface area (TPSA) is 42.4 Å². The molecular formula is C20H18N2O2S. The minimum absolute atomic E-state index is 0.00426. The van der Waals surface area contributed by atoms with E-state index in [4.69, 9.17) is 9.72 Å². The molecule has 0 fully saturated rings. The van der Waals surface area contributed by atoms with Crippen LogP contribution in [-0.4, -0.2) is 23.5 Å². The van der Waals surface area contributed by atoms with E-state index in [-0.39, 0.29) is 5.91 Å². The number of hydrogen-bond donors (Lipinski definition) is 0. The van der Waals surface area contributed by atoms with E-state index in [1.807, 2.05) is 43.3 Å². The Kier molecular flexibility index (Phi) is 4.01. The number of carbonyl (C=O) groups excluding carboxylic acids is 1. The SMILES string of the molecule is CCN1C(=O)C(C)Oc2ccc(-c3csc(-c4ccccc4)n3)cc21. The average molecular weight is 350 g/mol. The Morgan fingerprint density at radius 3 is 2.72 bits per heavy atom. The van der Waals surface area contributed by atoms with E-state index in [9.17, 15) is 4.79 Å². The number of rotatable bonds is 3.